The van der Waals surface area contributed by atoms with Gasteiger partial charge in [-0.1, -0.05) is 18.2 Å². The number of rotatable bonds is 3. The largest absolute Gasteiger partial charge is 0.398 e. The molecule has 1 atom stereocenters. The van der Waals surface area contributed by atoms with Crippen LogP contribution in [0.3, 0.4) is 0 Å². The SMILES string of the molecule is CN[C@H](CO)c1ccccc1N. The van der Waals surface area contributed by atoms with E-state index in [0.717, 1.165) is 5.56 Å². The van der Waals surface area contributed by atoms with E-state index in [2.05, 4.69) is 5.32 Å². The van der Waals surface area contributed by atoms with Crippen LogP contribution in [0.1, 0.15) is 11.6 Å². The highest BCUT2D eigenvalue weighted by Gasteiger charge is 2.09. The molecule has 0 heterocycles. The van der Waals surface area contributed by atoms with Crippen LogP contribution in [0.2, 0.25) is 0 Å². The Morgan fingerprint density at radius 1 is 1.50 bits per heavy atom. The van der Waals surface area contributed by atoms with Gasteiger partial charge in [0.15, 0.2) is 0 Å². The van der Waals surface area contributed by atoms with Gasteiger partial charge >= 0.3 is 0 Å². The lowest BCUT2D eigenvalue weighted by molar-refractivity contribution is 0.251. The Morgan fingerprint density at radius 3 is 2.67 bits per heavy atom. The van der Waals surface area contributed by atoms with Crippen molar-refractivity contribution in [1.82, 2.24) is 5.32 Å². The molecule has 12 heavy (non-hydrogen) atoms. The van der Waals surface area contributed by atoms with Crippen LogP contribution < -0.4 is 11.1 Å². The first-order valence-electron chi connectivity index (χ1n) is 3.92. The molecule has 0 aliphatic rings. The quantitative estimate of drug-likeness (QED) is 0.574. The molecule has 0 spiro atoms. The van der Waals surface area contributed by atoms with Crippen LogP contribution in [0.15, 0.2) is 24.3 Å². The Kier molecular flexibility index (Phi) is 3.08. The smallest absolute Gasteiger partial charge is 0.0627 e. The van der Waals surface area contributed by atoms with Gasteiger partial charge in [0.25, 0.3) is 0 Å². The Labute approximate surface area is 72.2 Å². The number of anilines is 1. The Balaban J connectivity index is 2.92. The van der Waals surface area contributed by atoms with E-state index in [-0.39, 0.29) is 12.6 Å². The molecular weight excluding hydrogens is 152 g/mol. The third-order valence-corrected chi connectivity index (χ3v) is 1.90. The van der Waals surface area contributed by atoms with E-state index in [1.165, 1.54) is 0 Å². The molecule has 0 amide bonds. The molecule has 0 saturated carbocycles. The van der Waals surface area contributed by atoms with Gasteiger partial charge in [-0.15, -0.1) is 0 Å². The lowest BCUT2D eigenvalue weighted by atomic mass is 10.1. The predicted octanol–water partition coefficient (Wildman–Crippen LogP) is 0.522. The molecule has 0 saturated heterocycles. The maximum Gasteiger partial charge on any atom is 0.0627 e. The predicted molar refractivity (Wildman–Crippen MR) is 49.7 cm³/mol. The van der Waals surface area contributed by atoms with Crippen LogP contribution in [0.4, 0.5) is 5.69 Å². The summed E-state index contributed by atoms with van der Waals surface area (Å²) in [6.07, 6.45) is 0. The van der Waals surface area contributed by atoms with E-state index in [9.17, 15) is 0 Å². The van der Waals surface area contributed by atoms with Crippen LogP contribution in [-0.2, 0) is 0 Å². The summed E-state index contributed by atoms with van der Waals surface area (Å²) in [5, 5.41) is 12.0. The number of hydrogen-bond donors (Lipinski definition) is 3. The van der Waals surface area contributed by atoms with Gasteiger partial charge in [0.1, 0.15) is 0 Å². The molecule has 0 bridgehead atoms. The average molecular weight is 166 g/mol. The highest BCUT2D eigenvalue weighted by Crippen LogP contribution is 2.18. The molecule has 0 aliphatic carbocycles. The lowest BCUT2D eigenvalue weighted by Gasteiger charge is -2.15. The van der Waals surface area contributed by atoms with Crippen LogP contribution in [-0.4, -0.2) is 18.8 Å². The zero-order valence-corrected chi connectivity index (χ0v) is 7.12. The van der Waals surface area contributed by atoms with Gasteiger partial charge in [-0.05, 0) is 18.7 Å². The highest BCUT2D eigenvalue weighted by molar-refractivity contribution is 5.48. The van der Waals surface area contributed by atoms with Crippen molar-refractivity contribution in [3.8, 4) is 0 Å². The molecule has 1 aromatic carbocycles. The minimum Gasteiger partial charge on any atom is -0.398 e. The summed E-state index contributed by atoms with van der Waals surface area (Å²) in [6.45, 7) is 0.0602. The summed E-state index contributed by atoms with van der Waals surface area (Å²) < 4.78 is 0. The minimum atomic E-state index is -0.0637. The molecule has 1 rings (SSSR count). The van der Waals surface area contributed by atoms with Gasteiger partial charge in [0.2, 0.25) is 0 Å². The van der Waals surface area contributed by atoms with Crippen molar-refractivity contribution < 1.29 is 5.11 Å². The zero-order chi connectivity index (χ0) is 8.97. The third-order valence-electron chi connectivity index (χ3n) is 1.90. The van der Waals surface area contributed by atoms with Crippen LogP contribution >= 0.6 is 0 Å². The molecule has 1 aromatic rings. The first-order valence-corrected chi connectivity index (χ1v) is 3.92. The Morgan fingerprint density at radius 2 is 2.17 bits per heavy atom. The monoisotopic (exact) mass is 166 g/mol. The highest BCUT2D eigenvalue weighted by atomic mass is 16.3. The number of aliphatic hydroxyl groups excluding tert-OH is 1. The van der Waals surface area contributed by atoms with E-state index in [1.807, 2.05) is 24.3 Å². The van der Waals surface area contributed by atoms with Crippen molar-refractivity contribution in [2.45, 2.75) is 6.04 Å². The number of nitrogens with two attached hydrogens (primary N) is 1. The summed E-state index contributed by atoms with van der Waals surface area (Å²) in [4.78, 5) is 0. The molecule has 66 valence electrons. The maximum atomic E-state index is 8.99. The molecule has 3 nitrogen and oxygen atoms in total. The van der Waals surface area contributed by atoms with Crippen molar-refractivity contribution >= 4 is 5.69 Å². The number of nitrogens with one attached hydrogen (secondary N) is 1. The van der Waals surface area contributed by atoms with Crippen LogP contribution in [0, 0.1) is 0 Å². The summed E-state index contributed by atoms with van der Waals surface area (Å²) >= 11 is 0. The molecule has 0 radical (unpaired) electrons. The standard InChI is InChI=1S/C9H14N2O/c1-11-9(6-12)7-4-2-3-5-8(7)10/h2-5,9,11-12H,6,10H2,1H3/t9-/m1/s1. The molecular formula is C9H14N2O. The first kappa shape index (κ1) is 9.03. The lowest BCUT2D eigenvalue weighted by Crippen LogP contribution is -2.20. The van der Waals surface area contributed by atoms with Crippen molar-refractivity contribution in [3.63, 3.8) is 0 Å². The van der Waals surface area contributed by atoms with Crippen LogP contribution in [0.5, 0.6) is 0 Å². The fraction of sp³-hybridized carbons (Fsp3) is 0.333. The third kappa shape index (κ3) is 1.75. The normalized spacial score (nSPS) is 12.8. The van der Waals surface area contributed by atoms with Gasteiger partial charge in [0.05, 0.1) is 12.6 Å². The van der Waals surface area contributed by atoms with Gasteiger partial charge in [0, 0.05) is 5.69 Å². The first-order chi connectivity index (χ1) is 5.79. The van der Waals surface area contributed by atoms with Crippen LogP contribution in [0.25, 0.3) is 0 Å². The van der Waals surface area contributed by atoms with Crippen molar-refractivity contribution in [1.29, 1.82) is 0 Å². The summed E-state index contributed by atoms with van der Waals surface area (Å²) in [5.74, 6) is 0. The molecule has 4 N–H and O–H groups in total. The Hall–Kier alpha value is -1.06. The van der Waals surface area contributed by atoms with Gasteiger partial charge in [-0.25, -0.2) is 0 Å². The summed E-state index contributed by atoms with van der Waals surface area (Å²) in [6, 6.07) is 7.46. The van der Waals surface area contributed by atoms with Gasteiger partial charge in [-0.3, -0.25) is 0 Å². The molecule has 0 aliphatic heterocycles. The summed E-state index contributed by atoms with van der Waals surface area (Å²) in [5.41, 5.74) is 7.38. The fourth-order valence-electron chi connectivity index (χ4n) is 1.17. The number of aliphatic hydroxyl groups is 1. The number of para-hydroxylation sites is 1. The topological polar surface area (TPSA) is 58.3 Å². The van der Waals surface area contributed by atoms with Crippen molar-refractivity contribution in [2.75, 3.05) is 19.4 Å². The molecule has 0 fully saturated rings. The fourth-order valence-corrected chi connectivity index (χ4v) is 1.17. The van der Waals surface area contributed by atoms with E-state index >= 15 is 0 Å². The van der Waals surface area contributed by atoms with Crippen molar-refractivity contribution in [3.05, 3.63) is 29.8 Å². The molecule has 0 unspecified atom stereocenters. The average Bonchev–Trinajstić information content (AvgIpc) is 2.10. The molecule has 0 aromatic heterocycles. The number of benzene rings is 1. The van der Waals surface area contributed by atoms with E-state index in [1.54, 1.807) is 7.05 Å². The Bertz CT molecular complexity index is 246. The number of hydrogen-bond acceptors (Lipinski definition) is 3. The van der Waals surface area contributed by atoms with Crippen molar-refractivity contribution in [2.24, 2.45) is 0 Å². The second kappa shape index (κ2) is 4.09. The second-order valence-electron chi connectivity index (χ2n) is 2.65. The van der Waals surface area contributed by atoms with Gasteiger partial charge in [-0.2, -0.15) is 0 Å². The minimum absolute atomic E-state index is 0.0602. The maximum absolute atomic E-state index is 8.99. The number of likely N-dealkylation sites (N-methyl/N-ethyl adjacent to an activating group) is 1. The molecule has 3 heteroatoms. The van der Waals surface area contributed by atoms with E-state index in [4.69, 9.17) is 10.8 Å². The number of nitrogen functional groups attached to an aromatic ring is 1. The van der Waals surface area contributed by atoms with Gasteiger partial charge < -0.3 is 16.2 Å². The van der Waals surface area contributed by atoms with E-state index < -0.39 is 0 Å². The van der Waals surface area contributed by atoms with E-state index in [0.29, 0.717) is 5.69 Å². The second-order valence-corrected chi connectivity index (χ2v) is 2.65. The zero-order valence-electron chi connectivity index (χ0n) is 7.12. The summed E-state index contributed by atoms with van der Waals surface area (Å²) in [7, 11) is 1.80.